The molecular formula is C13H25NO. The first kappa shape index (κ1) is 14.4. The SMILES string of the molecule is CC/C=C\C(=C/CC)[C@@H](O)CCNCC. The van der Waals surface area contributed by atoms with Gasteiger partial charge in [0.05, 0.1) is 6.10 Å². The van der Waals surface area contributed by atoms with Crippen LogP contribution in [0.5, 0.6) is 0 Å². The highest BCUT2D eigenvalue weighted by Gasteiger charge is 2.06. The molecule has 0 saturated heterocycles. The Hall–Kier alpha value is -0.600. The summed E-state index contributed by atoms with van der Waals surface area (Å²) in [6, 6.07) is 0. The third-order valence-electron chi connectivity index (χ3n) is 2.22. The predicted octanol–water partition coefficient (Wildman–Crippen LogP) is 2.65. The molecule has 0 saturated carbocycles. The van der Waals surface area contributed by atoms with Crippen LogP contribution in [0.2, 0.25) is 0 Å². The van der Waals surface area contributed by atoms with Crippen molar-refractivity contribution in [1.82, 2.24) is 5.32 Å². The van der Waals surface area contributed by atoms with E-state index in [0.29, 0.717) is 0 Å². The van der Waals surface area contributed by atoms with Crippen molar-refractivity contribution in [3.05, 3.63) is 23.8 Å². The van der Waals surface area contributed by atoms with Gasteiger partial charge < -0.3 is 10.4 Å². The van der Waals surface area contributed by atoms with Gasteiger partial charge in [-0.2, -0.15) is 0 Å². The maximum Gasteiger partial charge on any atom is 0.0799 e. The van der Waals surface area contributed by atoms with E-state index in [4.69, 9.17) is 0 Å². The first-order valence-electron chi connectivity index (χ1n) is 6.01. The van der Waals surface area contributed by atoms with Gasteiger partial charge in [0.25, 0.3) is 0 Å². The molecule has 15 heavy (non-hydrogen) atoms. The highest BCUT2D eigenvalue weighted by Crippen LogP contribution is 2.09. The fraction of sp³-hybridized carbons (Fsp3) is 0.692. The van der Waals surface area contributed by atoms with Crippen molar-refractivity contribution >= 4 is 0 Å². The van der Waals surface area contributed by atoms with E-state index in [2.05, 4.69) is 38.2 Å². The van der Waals surface area contributed by atoms with Crippen LogP contribution >= 0.6 is 0 Å². The Morgan fingerprint density at radius 1 is 1.27 bits per heavy atom. The molecule has 88 valence electrons. The van der Waals surface area contributed by atoms with Crippen molar-refractivity contribution in [2.75, 3.05) is 13.1 Å². The van der Waals surface area contributed by atoms with Gasteiger partial charge in [-0.1, -0.05) is 39.0 Å². The lowest BCUT2D eigenvalue weighted by Crippen LogP contribution is -2.21. The summed E-state index contributed by atoms with van der Waals surface area (Å²) in [6.45, 7) is 8.11. The number of nitrogens with one attached hydrogen (secondary N) is 1. The van der Waals surface area contributed by atoms with Crippen molar-refractivity contribution in [3.8, 4) is 0 Å². The quantitative estimate of drug-likeness (QED) is 0.478. The maximum absolute atomic E-state index is 9.93. The molecule has 0 aliphatic carbocycles. The number of aliphatic hydroxyl groups excluding tert-OH is 1. The maximum atomic E-state index is 9.93. The van der Waals surface area contributed by atoms with Crippen LogP contribution in [-0.2, 0) is 0 Å². The van der Waals surface area contributed by atoms with Gasteiger partial charge in [0.15, 0.2) is 0 Å². The van der Waals surface area contributed by atoms with Crippen molar-refractivity contribution < 1.29 is 5.11 Å². The summed E-state index contributed by atoms with van der Waals surface area (Å²) in [7, 11) is 0. The smallest absolute Gasteiger partial charge is 0.0799 e. The average Bonchev–Trinajstić information content (AvgIpc) is 2.24. The van der Waals surface area contributed by atoms with Gasteiger partial charge in [0, 0.05) is 0 Å². The van der Waals surface area contributed by atoms with E-state index in [1.54, 1.807) is 0 Å². The zero-order chi connectivity index (χ0) is 11.5. The fourth-order valence-corrected chi connectivity index (χ4v) is 1.39. The van der Waals surface area contributed by atoms with Crippen LogP contribution < -0.4 is 5.32 Å². The number of hydrogen-bond donors (Lipinski definition) is 2. The van der Waals surface area contributed by atoms with E-state index in [1.165, 1.54) is 0 Å². The van der Waals surface area contributed by atoms with Crippen LogP contribution in [0.4, 0.5) is 0 Å². The van der Waals surface area contributed by atoms with Gasteiger partial charge in [0.2, 0.25) is 0 Å². The minimum Gasteiger partial charge on any atom is -0.388 e. The summed E-state index contributed by atoms with van der Waals surface area (Å²) in [5.41, 5.74) is 1.05. The van der Waals surface area contributed by atoms with Crippen LogP contribution in [-0.4, -0.2) is 24.3 Å². The van der Waals surface area contributed by atoms with Crippen LogP contribution in [0, 0.1) is 0 Å². The van der Waals surface area contributed by atoms with Gasteiger partial charge >= 0.3 is 0 Å². The first-order chi connectivity index (χ1) is 7.26. The van der Waals surface area contributed by atoms with E-state index in [1.807, 2.05) is 6.08 Å². The molecule has 2 nitrogen and oxygen atoms in total. The summed E-state index contributed by atoms with van der Waals surface area (Å²) in [6.07, 6.45) is 8.68. The minimum atomic E-state index is -0.327. The lowest BCUT2D eigenvalue weighted by atomic mass is 10.0. The normalized spacial score (nSPS) is 14.8. The molecule has 2 heteroatoms. The van der Waals surface area contributed by atoms with Crippen molar-refractivity contribution in [1.29, 1.82) is 0 Å². The molecule has 0 aliphatic rings. The molecule has 0 bridgehead atoms. The molecule has 0 radical (unpaired) electrons. The predicted molar refractivity (Wildman–Crippen MR) is 67.0 cm³/mol. The fourth-order valence-electron chi connectivity index (χ4n) is 1.39. The highest BCUT2D eigenvalue weighted by molar-refractivity contribution is 5.22. The molecule has 0 aliphatic heterocycles. The molecule has 0 aromatic heterocycles. The highest BCUT2D eigenvalue weighted by atomic mass is 16.3. The number of hydrogen-bond acceptors (Lipinski definition) is 2. The lowest BCUT2D eigenvalue weighted by Gasteiger charge is -2.12. The van der Waals surface area contributed by atoms with E-state index < -0.39 is 0 Å². The summed E-state index contributed by atoms with van der Waals surface area (Å²) < 4.78 is 0. The zero-order valence-corrected chi connectivity index (χ0v) is 10.3. The van der Waals surface area contributed by atoms with Crippen molar-refractivity contribution in [2.45, 2.75) is 46.1 Å². The molecule has 0 rings (SSSR count). The molecule has 0 aromatic carbocycles. The largest absolute Gasteiger partial charge is 0.388 e. The first-order valence-corrected chi connectivity index (χ1v) is 6.01. The molecule has 0 fully saturated rings. The third kappa shape index (κ3) is 7.34. The second-order valence-corrected chi connectivity index (χ2v) is 3.58. The summed E-state index contributed by atoms with van der Waals surface area (Å²) in [5, 5.41) is 13.2. The standard InChI is InChI=1S/C13H25NO/c1-4-7-9-12(8-5-2)13(15)10-11-14-6-3/h7-9,13-15H,4-6,10-11H2,1-3H3/b9-7-,12-8+/t13-/m0/s1. The molecule has 0 aromatic rings. The molecule has 0 heterocycles. The summed E-state index contributed by atoms with van der Waals surface area (Å²) >= 11 is 0. The van der Waals surface area contributed by atoms with E-state index in [0.717, 1.165) is 37.9 Å². The van der Waals surface area contributed by atoms with Gasteiger partial charge in [0.1, 0.15) is 0 Å². The Kier molecular flexibility index (Phi) is 9.54. The molecule has 0 spiro atoms. The second kappa shape index (κ2) is 9.94. The van der Waals surface area contributed by atoms with Crippen LogP contribution in [0.15, 0.2) is 23.8 Å². The van der Waals surface area contributed by atoms with E-state index >= 15 is 0 Å². The van der Waals surface area contributed by atoms with Crippen molar-refractivity contribution in [3.63, 3.8) is 0 Å². The average molecular weight is 211 g/mol. The topological polar surface area (TPSA) is 32.3 Å². The van der Waals surface area contributed by atoms with Crippen LogP contribution in [0.3, 0.4) is 0 Å². The summed E-state index contributed by atoms with van der Waals surface area (Å²) in [5.74, 6) is 0. The van der Waals surface area contributed by atoms with Gasteiger partial charge in [-0.05, 0) is 37.9 Å². The van der Waals surface area contributed by atoms with Crippen LogP contribution in [0.25, 0.3) is 0 Å². The Labute approximate surface area is 94.1 Å². The lowest BCUT2D eigenvalue weighted by molar-refractivity contribution is 0.203. The van der Waals surface area contributed by atoms with Crippen molar-refractivity contribution in [2.24, 2.45) is 0 Å². The molecule has 0 amide bonds. The van der Waals surface area contributed by atoms with E-state index in [9.17, 15) is 5.11 Å². The van der Waals surface area contributed by atoms with Gasteiger partial charge in [-0.3, -0.25) is 0 Å². The molecule has 1 atom stereocenters. The van der Waals surface area contributed by atoms with Gasteiger partial charge in [-0.25, -0.2) is 0 Å². The van der Waals surface area contributed by atoms with E-state index in [-0.39, 0.29) is 6.10 Å². The Morgan fingerprint density at radius 2 is 2.00 bits per heavy atom. The molecule has 0 unspecified atom stereocenters. The summed E-state index contributed by atoms with van der Waals surface area (Å²) in [4.78, 5) is 0. The zero-order valence-electron chi connectivity index (χ0n) is 10.3. The minimum absolute atomic E-state index is 0.327. The number of aliphatic hydroxyl groups is 1. The monoisotopic (exact) mass is 211 g/mol. The Morgan fingerprint density at radius 3 is 2.53 bits per heavy atom. The third-order valence-corrected chi connectivity index (χ3v) is 2.22. The number of rotatable bonds is 8. The molecule has 2 N–H and O–H groups in total. The Balaban J connectivity index is 4.11. The number of allylic oxidation sites excluding steroid dienone is 2. The van der Waals surface area contributed by atoms with Gasteiger partial charge in [-0.15, -0.1) is 0 Å². The Bertz CT molecular complexity index is 197. The second-order valence-electron chi connectivity index (χ2n) is 3.58. The molecular weight excluding hydrogens is 186 g/mol. The van der Waals surface area contributed by atoms with Crippen LogP contribution in [0.1, 0.15) is 40.0 Å².